The van der Waals surface area contributed by atoms with Gasteiger partial charge in [0.05, 0.1) is 23.6 Å². The van der Waals surface area contributed by atoms with Gasteiger partial charge in [-0.3, -0.25) is 4.68 Å². The summed E-state index contributed by atoms with van der Waals surface area (Å²) in [5, 5.41) is 14.5. The van der Waals surface area contributed by atoms with Crippen molar-refractivity contribution in [3.63, 3.8) is 0 Å². The molecular formula is C9H6ClKN4O2. The van der Waals surface area contributed by atoms with Crippen LogP contribution in [0.25, 0.3) is 11.3 Å². The van der Waals surface area contributed by atoms with Crippen LogP contribution in [0.4, 0.5) is 0 Å². The number of carbonyl (C=O) groups is 1. The molecule has 2 aromatic heterocycles. The third-order valence-electron chi connectivity index (χ3n) is 1.91. The number of carboxylic acids is 1. The average Bonchev–Trinajstić information content (AvgIpc) is 2.64. The van der Waals surface area contributed by atoms with E-state index in [2.05, 4.69) is 15.1 Å². The van der Waals surface area contributed by atoms with Crippen molar-refractivity contribution in [2.24, 2.45) is 7.05 Å². The van der Waals surface area contributed by atoms with Gasteiger partial charge >= 0.3 is 51.4 Å². The SMILES string of the molecule is Cn1cc(-c2cc(C(=O)[O-])nc(Cl)n2)cn1.[K+]. The van der Waals surface area contributed by atoms with Crippen LogP contribution in [0.1, 0.15) is 10.5 Å². The molecule has 8 heteroatoms. The molecule has 2 heterocycles. The van der Waals surface area contributed by atoms with Crippen LogP contribution in [-0.4, -0.2) is 25.7 Å². The summed E-state index contributed by atoms with van der Waals surface area (Å²) in [6.07, 6.45) is 3.25. The second-order valence-corrected chi connectivity index (χ2v) is 3.44. The Morgan fingerprint density at radius 1 is 1.47 bits per heavy atom. The van der Waals surface area contributed by atoms with Gasteiger partial charge in [0, 0.05) is 18.8 Å². The molecule has 6 nitrogen and oxygen atoms in total. The largest absolute Gasteiger partial charge is 1.00 e. The van der Waals surface area contributed by atoms with Crippen molar-refractivity contribution in [2.75, 3.05) is 0 Å². The summed E-state index contributed by atoms with van der Waals surface area (Å²) in [5.41, 5.74) is 0.806. The number of rotatable bonds is 2. The van der Waals surface area contributed by atoms with Gasteiger partial charge in [-0.05, 0) is 17.7 Å². The molecule has 0 aliphatic heterocycles. The van der Waals surface area contributed by atoms with Crippen LogP contribution in [0.3, 0.4) is 0 Å². The van der Waals surface area contributed by atoms with Crippen molar-refractivity contribution >= 4 is 17.6 Å². The first kappa shape index (κ1) is 14.7. The molecule has 2 aromatic rings. The molecule has 0 bridgehead atoms. The van der Waals surface area contributed by atoms with E-state index in [1.165, 1.54) is 6.07 Å². The second kappa shape index (κ2) is 6.03. The Balaban J connectivity index is 0.00000144. The van der Waals surface area contributed by atoms with E-state index >= 15 is 0 Å². The van der Waals surface area contributed by atoms with Gasteiger partial charge in [0.1, 0.15) is 0 Å². The van der Waals surface area contributed by atoms with Crippen molar-refractivity contribution < 1.29 is 61.3 Å². The van der Waals surface area contributed by atoms with E-state index in [1.807, 2.05) is 0 Å². The van der Waals surface area contributed by atoms with Crippen LogP contribution >= 0.6 is 11.6 Å². The molecule has 0 spiro atoms. The Morgan fingerprint density at radius 2 is 2.18 bits per heavy atom. The average molecular weight is 277 g/mol. The molecule has 0 fully saturated rings. The summed E-state index contributed by atoms with van der Waals surface area (Å²) >= 11 is 5.61. The molecule has 0 aliphatic carbocycles. The van der Waals surface area contributed by atoms with Crippen molar-refractivity contribution in [3.05, 3.63) is 29.4 Å². The van der Waals surface area contributed by atoms with Gasteiger partial charge in [-0.2, -0.15) is 5.10 Å². The standard InChI is InChI=1S/C9H7ClN4O2.K/c1-14-4-5(3-11-14)6-2-7(8(15)16)13-9(10)12-6;/h2-4H,1H3,(H,15,16);/q;+1/p-1. The van der Waals surface area contributed by atoms with E-state index in [9.17, 15) is 9.90 Å². The normalized spacial score (nSPS) is 9.76. The van der Waals surface area contributed by atoms with Crippen LogP contribution in [0.15, 0.2) is 18.5 Å². The Kier molecular flexibility index (Phi) is 5.23. The Hall–Kier alpha value is -0.314. The van der Waals surface area contributed by atoms with Crippen molar-refractivity contribution in [2.45, 2.75) is 0 Å². The third-order valence-corrected chi connectivity index (χ3v) is 2.08. The Morgan fingerprint density at radius 3 is 2.71 bits per heavy atom. The summed E-state index contributed by atoms with van der Waals surface area (Å²) in [5.74, 6) is -1.39. The third kappa shape index (κ3) is 3.57. The number of aryl methyl sites for hydroxylation is 1. The van der Waals surface area contributed by atoms with Gasteiger partial charge < -0.3 is 9.90 Å². The number of carboxylic acid groups (broad SMARTS) is 1. The molecule has 0 saturated heterocycles. The van der Waals surface area contributed by atoms with E-state index < -0.39 is 5.97 Å². The first-order chi connectivity index (χ1) is 7.56. The van der Waals surface area contributed by atoms with Crippen molar-refractivity contribution in [1.29, 1.82) is 0 Å². The molecule has 0 amide bonds. The second-order valence-electron chi connectivity index (χ2n) is 3.10. The number of halogens is 1. The van der Waals surface area contributed by atoms with Crippen LogP contribution < -0.4 is 56.5 Å². The number of carbonyl (C=O) groups excluding carboxylic acids is 1. The van der Waals surface area contributed by atoms with Gasteiger partial charge in [-0.15, -0.1) is 0 Å². The Labute approximate surface area is 144 Å². The van der Waals surface area contributed by atoms with Gasteiger partial charge in [0.25, 0.3) is 0 Å². The molecule has 82 valence electrons. The monoisotopic (exact) mass is 276 g/mol. The summed E-state index contributed by atoms with van der Waals surface area (Å²) < 4.78 is 1.57. The fraction of sp³-hybridized carbons (Fsp3) is 0.111. The molecule has 0 unspecified atom stereocenters. The summed E-state index contributed by atoms with van der Waals surface area (Å²) in [6.45, 7) is 0. The van der Waals surface area contributed by atoms with Crippen molar-refractivity contribution in [1.82, 2.24) is 19.7 Å². The van der Waals surface area contributed by atoms with E-state index in [0.29, 0.717) is 11.3 Å². The quantitative estimate of drug-likeness (QED) is 0.429. The van der Waals surface area contributed by atoms with Crippen LogP contribution in [0, 0.1) is 0 Å². The molecule has 0 radical (unpaired) electrons. The summed E-state index contributed by atoms with van der Waals surface area (Å²) in [6, 6.07) is 1.29. The van der Waals surface area contributed by atoms with Crippen LogP contribution in [0.2, 0.25) is 5.28 Å². The van der Waals surface area contributed by atoms with Gasteiger partial charge in [-0.1, -0.05) is 0 Å². The van der Waals surface area contributed by atoms with Gasteiger partial charge in [0.15, 0.2) is 0 Å². The molecule has 0 atom stereocenters. The molecule has 2 rings (SSSR count). The number of nitrogens with zero attached hydrogens (tertiary/aromatic N) is 4. The maximum absolute atomic E-state index is 10.7. The van der Waals surface area contributed by atoms with Crippen LogP contribution in [-0.2, 0) is 7.05 Å². The zero-order valence-electron chi connectivity index (χ0n) is 9.22. The maximum Gasteiger partial charge on any atom is 1.00 e. The van der Waals surface area contributed by atoms with E-state index in [4.69, 9.17) is 11.6 Å². The smallest absolute Gasteiger partial charge is 0.543 e. The number of hydrogen-bond donors (Lipinski definition) is 0. The Bertz CT molecular complexity index is 558. The molecule has 0 N–H and O–H groups in total. The molecule has 17 heavy (non-hydrogen) atoms. The zero-order valence-corrected chi connectivity index (χ0v) is 13.1. The fourth-order valence-corrected chi connectivity index (χ4v) is 1.41. The first-order valence-corrected chi connectivity index (χ1v) is 4.69. The fourth-order valence-electron chi connectivity index (χ4n) is 1.22. The minimum Gasteiger partial charge on any atom is -0.543 e. The summed E-state index contributed by atoms with van der Waals surface area (Å²) in [4.78, 5) is 18.1. The van der Waals surface area contributed by atoms with E-state index in [-0.39, 0.29) is 62.4 Å². The zero-order chi connectivity index (χ0) is 11.7. The molecule has 0 aliphatic rings. The number of hydrogen-bond acceptors (Lipinski definition) is 5. The predicted octanol–water partition coefficient (Wildman–Crippen LogP) is -3.10. The van der Waals surface area contributed by atoms with Crippen LogP contribution in [0.5, 0.6) is 0 Å². The number of aromatic nitrogens is 4. The molecule has 0 aromatic carbocycles. The van der Waals surface area contributed by atoms with Gasteiger partial charge in [-0.25, -0.2) is 9.97 Å². The van der Waals surface area contributed by atoms with Gasteiger partial charge in [0.2, 0.25) is 5.28 Å². The molecular weight excluding hydrogens is 271 g/mol. The predicted molar refractivity (Wildman–Crippen MR) is 53.6 cm³/mol. The number of aromatic carboxylic acids is 1. The van der Waals surface area contributed by atoms with Crippen molar-refractivity contribution in [3.8, 4) is 11.3 Å². The molecule has 0 saturated carbocycles. The maximum atomic E-state index is 10.7. The minimum atomic E-state index is -1.39. The topological polar surface area (TPSA) is 83.7 Å². The van der Waals surface area contributed by atoms with E-state index in [0.717, 1.165) is 0 Å². The van der Waals surface area contributed by atoms with E-state index in [1.54, 1.807) is 24.1 Å². The minimum absolute atomic E-state index is 0. The first-order valence-electron chi connectivity index (χ1n) is 4.31. The summed E-state index contributed by atoms with van der Waals surface area (Å²) in [7, 11) is 1.74.